The fourth-order valence-electron chi connectivity index (χ4n) is 0.973. The first-order chi connectivity index (χ1) is 7.88. The summed E-state index contributed by atoms with van der Waals surface area (Å²) in [5, 5.41) is 18.7. The van der Waals surface area contributed by atoms with Crippen molar-refractivity contribution in [3.05, 3.63) is 0 Å². The van der Waals surface area contributed by atoms with Gasteiger partial charge in [-0.3, -0.25) is 9.59 Å². The maximum absolute atomic E-state index is 10.9. The van der Waals surface area contributed by atoms with E-state index in [-0.39, 0.29) is 19.4 Å². The van der Waals surface area contributed by atoms with E-state index < -0.39 is 29.9 Å². The molecule has 0 aromatic rings. The van der Waals surface area contributed by atoms with Crippen molar-refractivity contribution in [2.45, 2.75) is 25.8 Å². The molecule has 0 radical (unpaired) electrons. The van der Waals surface area contributed by atoms with Gasteiger partial charge in [0.05, 0.1) is 6.61 Å². The minimum Gasteiger partial charge on any atom is -0.480 e. The van der Waals surface area contributed by atoms with Gasteiger partial charge in [-0.25, -0.2) is 9.59 Å². The van der Waals surface area contributed by atoms with Gasteiger partial charge in [-0.05, 0) is 13.3 Å². The third-order valence-electron chi connectivity index (χ3n) is 1.74. The van der Waals surface area contributed by atoms with Crippen LogP contribution in [0.15, 0.2) is 0 Å². The molecule has 0 bridgehead atoms. The molecule has 8 heteroatoms. The summed E-state index contributed by atoms with van der Waals surface area (Å²) in [5.74, 6) is -5.24. The predicted octanol–water partition coefficient (Wildman–Crippen LogP) is -1.02. The summed E-state index contributed by atoms with van der Waals surface area (Å²) < 4.78 is 4.56. The molecule has 8 nitrogen and oxygen atoms in total. The van der Waals surface area contributed by atoms with Gasteiger partial charge in [0.15, 0.2) is 0 Å². The SMILES string of the molecule is CCOC(=O)CC[C@H](NC(=O)C(=O)O)C(=O)O. The molecule has 0 aromatic carbocycles. The average molecular weight is 247 g/mol. The van der Waals surface area contributed by atoms with Crippen LogP contribution in [-0.4, -0.2) is 46.7 Å². The smallest absolute Gasteiger partial charge is 0.394 e. The lowest BCUT2D eigenvalue weighted by Gasteiger charge is -2.12. The van der Waals surface area contributed by atoms with E-state index in [9.17, 15) is 19.2 Å². The zero-order valence-electron chi connectivity index (χ0n) is 9.13. The summed E-state index contributed by atoms with van der Waals surface area (Å²) in [4.78, 5) is 42.6. The Bertz CT molecular complexity index is 325. The molecule has 3 N–H and O–H groups in total. The molecule has 0 aliphatic carbocycles. The van der Waals surface area contributed by atoms with Gasteiger partial charge in [0.2, 0.25) is 0 Å². The van der Waals surface area contributed by atoms with E-state index in [1.54, 1.807) is 12.2 Å². The third kappa shape index (κ3) is 6.13. The Labute approximate surface area is 96.6 Å². The molecule has 0 fully saturated rings. The summed E-state index contributed by atoms with van der Waals surface area (Å²) in [7, 11) is 0. The third-order valence-corrected chi connectivity index (χ3v) is 1.74. The number of aliphatic carboxylic acids is 2. The van der Waals surface area contributed by atoms with E-state index in [4.69, 9.17) is 10.2 Å². The van der Waals surface area contributed by atoms with Crippen molar-refractivity contribution in [3.63, 3.8) is 0 Å². The number of carboxylic acid groups (broad SMARTS) is 2. The fraction of sp³-hybridized carbons (Fsp3) is 0.556. The largest absolute Gasteiger partial charge is 0.480 e. The van der Waals surface area contributed by atoms with Gasteiger partial charge in [-0.15, -0.1) is 0 Å². The number of hydrogen-bond acceptors (Lipinski definition) is 5. The molecule has 0 rings (SSSR count). The number of hydrogen-bond donors (Lipinski definition) is 3. The van der Waals surface area contributed by atoms with Gasteiger partial charge >= 0.3 is 23.8 Å². The standard InChI is InChI=1S/C9H13NO7/c1-2-17-6(11)4-3-5(8(13)14)10-7(12)9(15)16/h5H,2-4H2,1H3,(H,10,12)(H,13,14)(H,15,16)/t5-/m0/s1. The van der Waals surface area contributed by atoms with Gasteiger partial charge in [-0.2, -0.15) is 0 Å². The normalized spacial score (nSPS) is 11.4. The highest BCUT2D eigenvalue weighted by atomic mass is 16.5. The van der Waals surface area contributed by atoms with Crippen LogP contribution in [-0.2, 0) is 23.9 Å². The molecule has 17 heavy (non-hydrogen) atoms. The molecule has 0 unspecified atom stereocenters. The first-order valence-electron chi connectivity index (χ1n) is 4.80. The van der Waals surface area contributed by atoms with Crippen LogP contribution < -0.4 is 5.32 Å². The lowest BCUT2D eigenvalue weighted by Crippen LogP contribution is -2.44. The lowest BCUT2D eigenvalue weighted by atomic mass is 10.1. The average Bonchev–Trinajstić information content (AvgIpc) is 2.23. The van der Waals surface area contributed by atoms with Crippen molar-refractivity contribution in [1.29, 1.82) is 0 Å². The summed E-state index contributed by atoms with van der Waals surface area (Å²) in [6.45, 7) is 1.76. The molecular formula is C9H13NO7. The van der Waals surface area contributed by atoms with Gasteiger partial charge in [-0.1, -0.05) is 0 Å². The highest BCUT2D eigenvalue weighted by molar-refractivity contribution is 6.31. The van der Waals surface area contributed by atoms with Gasteiger partial charge in [0.1, 0.15) is 6.04 Å². The second kappa shape index (κ2) is 7.20. The molecule has 0 aromatic heterocycles. The number of nitrogens with one attached hydrogen (secondary N) is 1. The van der Waals surface area contributed by atoms with Crippen molar-refractivity contribution in [2.75, 3.05) is 6.61 Å². The number of carboxylic acids is 2. The second-order valence-corrected chi connectivity index (χ2v) is 3.01. The molecule has 96 valence electrons. The van der Waals surface area contributed by atoms with Gasteiger partial charge in [0, 0.05) is 6.42 Å². The molecule has 0 saturated carbocycles. The topological polar surface area (TPSA) is 130 Å². The van der Waals surface area contributed by atoms with Crippen LogP contribution in [0.4, 0.5) is 0 Å². The summed E-state index contributed by atoms with van der Waals surface area (Å²) in [6, 6.07) is -1.43. The highest BCUT2D eigenvalue weighted by Crippen LogP contribution is 2.00. The number of amides is 1. The molecule has 0 aliphatic rings. The van der Waals surface area contributed by atoms with E-state index >= 15 is 0 Å². The molecule has 1 atom stereocenters. The number of esters is 1. The van der Waals surface area contributed by atoms with E-state index in [1.807, 2.05) is 0 Å². The van der Waals surface area contributed by atoms with Crippen LogP contribution in [0.1, 0.15) is 19.8 Å². The van der Waals surface area contributed by atoms with E-state index in [2.05, 4.69) is 4.74 Å². The van der Waals surface area contributed by atoms with Gasteiger partial charge < -0.3 is 20.3 Å². The van der Waals surface area contributed by atoms with Crippen molar-refractivity contribution < 1.29 is 34.1 Å². The van der Waals surface area contributed by atoms with Crippen molar-refractivity contribution in [1.82, 2.24) is 5.32 Å². The second-order valence-electron chi connectivity index (χ2n) is 3.01. The van der Waals surface area contributed by atoms with Crippen LogP contribution >= 0.6 is 0 Å². The fourth-order valence-corrected chi connectivity index (χ4v) is 0.973. The van der Waals surface area contributed by atoms with Crippen molar-refractivity contribution in [2.24, 2.45) is 0 Å². The first-order valence-corrected chi connectivity index (χ1v) is 4.80. The minimum absolute atomic E-state index is 0.165. The lowest BCUT2D eigenvalue weighted by molar-refractivity contribution is -0.152. The molecule has 0 heterocycles. The van der Waals surface area contributed by atoms with E-state index in [0.29, 0.717) is 0 Å². The van der Waals surface area contributed by atoms with E-state index in [0.717, 1.165) is 0 Å². The first kappa shape index (κ1) is 14.9. The quantitative estimate of drug-likeness (QED) is 0.404. The highest BCUT2D eigenvalue weighted by Gasteiger charge is 2.24. The number of carbonyl (C=O) groups is 4. The summed E-state index contributed by atoms with van der Waals surface area (Å²) in [6.07, 6.45) is -0.447. The van der Waals surface area contributed by atoms with E-state index in [1.165, 1.54) is 0 Å². The van der Waals surface area contributed by atoms with Crippen LogP contribution in [0, 0.1) is 0 Å². The number of rotatable bonds is 6. The Hall–Kier alpha value is -2.12. The predicted molar refractivity (Wildman–Crippen MR) is 53.1 cm³/mol. The zero-order valence-corrected chi connectivity index (χ0v) is 9.13. The van der Waals surface area contributed by atoms with Crippen LogP contribution in [0.5, 0.6) is 0 Å². The Kier molecular flexibility index (Phi) is 6.30. The van der Waals surface area contributed by atoms with Crippen LogP contribution in [0.25, 0.3) is 0 Å². The molecule has 0 aliphatic heterocycles. The molecule has 0 saturated heterocycles. The molecular weight excluding hydrogens is 234 g/mol. The van der Waals surface area contributed by atoms with Crippen LogP contribution in [0.3, 0.4) is 0 Å². The van der Waals surface area contributed by atoms with Crippen LogP contribution in [0.2, 0.25) is 0 Å². The Morgan fingerprint density at radius 3 is 2.24 bits per heavy atom. The summed E-state index contributed by atoms with van der Waals surface area (Å²) >= 11 is 0. The monoisotopic (exact) mass is 247 g/mol. The molecule has 1 amide bonds. The maximum atomic E-state index is 10.9. The Balaban J connectivity index is 4.26. The van der Waals surface area contributed by atoms with Gasteiger partial charge in [0.25, 0.3) is 0 Å². The summed E-state index contributed by atoms with van der Waals surface area (Å²) in [5.41, 5.74) is 0. The Morgan fingerprint density at radius 1 is 1.24 bits per heavy atom. The molecule has 0 spiro atoms. The number of ether oxygens (including phenoxy) is 1. The van der Waals surface area contributed by atoms with Crippen molar-refractivity contribution >= 4 is 23.8 Å². The minimum atomic E-state index is -1.78. The zero-order chi connectivity index (χ0) is 13.4. The van der Waals surface area contributed by atoms with Crippen molar-refractivity contribution in [3.8, 4) is 0 Å². The Morgan fingerprint density at radius 2 is 1.82 bits per heavy atom. The number of carbonyl (C=O) groups excluding carboxylic acids is 2. The maximum Gasteiger partial charge on any atom is 0.394 e.